The average Bonchev–Trinajstić information content (AvgIpc) is 2.98. The van der Waals surface area contributed by atoms with E-state index in [0.29, 0.717) is 30.9 Å². The monoisotopic (exact) mass is 274 g/mol. The lowest BCUT2D eigenvalue weighted by molar-refractivity contribution is -0.117. The Hall–Kier alpha value is -1.90. The largest absolute Gasteiger partial charge is 0.378 e. The number of ether oxygens (including phenoxy) is 2. The van der Waals surface area contributed by atoms with Crippen LogP contribution in [-0.2, 0) is 14.3 Å². The van der Waals surface area contributed by atoms with Crippen LogP contribution >= 0.6 is 0 Å². The van der Waals surface area contributed by atoms with Gasteiger partial charge in [0.2, 0.25) is 5.91 Å². The van der Waals surface area contributed by atoms with E-state index in [-0.39, 0.29) is 12.0 Å². The first kappa shape index (κ1) is 14.5. The highest BCUT2D eigenvalue weighted by Crippen LogP contribution is 2.12. The molecular weight excluding hydrogens is 256 g/mol. The van der Waals surface area contributed by atoms with Gasteiger partial charge in [-0.1, -0.05) is 0 Å². The van der Waals surface area contributed by atoms with Crippen molar-refractivity contribution in [2.75, 3.05) is 25.1 Å². The zero-order chi connectivity index (χ0) is 14.2. The zero-order valence-electron chi connectivity index (χ0n) is 11.3. The van der Waals surface area contributed by atoms with E-state index >= 15 is 0 Å². The summed E-state index contributed by atoms with van der Waals surface area (Å²) < 4.78 is 10.9. The Morgan fingerprint density at radius 3 is 2.90 bits per heavy atom. The number of hydrogen-bond acceptors (Lipinski definition) is 4. The highest BCUT2D eigenvalue weighted by atomic mass is 16.5. The highest BCUT2D eigenvalue weighted by Gasteiger charge is 2.15. The van der Waals surface area contributed by atoms with Gasteiger partial charge in [0.05, 0.1) is 37.4 Å². The number of carbonyl (C=O) groups is 1. The van der Waals surface area contributed by atoms with Crippen molar-refractivity contribution in [3.63, 3.8) is 0 Å². The van der Waals surface area contributed by atoms with E-state index in [0.717, 1.165) is 19.4 Å². The first-order valence-electron chi connectivity index (χ1n) is 6.77. The Morgan fingerprint density at radius 1 is 1.45 bits per heavy atom. The van der Waals surface area contributed by atoms with Gasteiger partial charge < -0.3 is 14.8 Å². The first-order valence-corrected chi connectivity index (χ1v) is 6.77. The number of amides is 1. The number of carbonyl (C=O) groups excluding carboxylic acids is 1. The van der Waals surface area contributed by atoms with Gasteiger partial charge in [0.15, 0.2) is 0 Å². The topological polar surface area (TPSA) is 71.4 Å². The third-order valence-corrected chi connectivity index (χ3v) is 3.10. The summed E-state index contributed by atoms with van der Waals surface area (Å²) in [6.45, 7) is 1.76. The molecule has 0 saturated carbocycles. The molecule has 1 atom stereocenters. The van der Waals surface area contributed by atoms with Crippen LogP contribution in [0.2, 0.25) is 0 Å². The van der Waals surface area contributed by atoms with Crippen LogP contribution in [0.3, 0.4) is 0 Å². The number of rotatable bonds is 6. The molecular formula is C15H18N2O3. The highest BCUT2D eigenvalue weighted by molar-refractivity contribution is 5.90. The van der Waals surface area contributed by atoms with Crippen molar-refractivity contribution < 1.29 is 14.3 Å². The molecule has 20 heavy (non-hydrogen) atoms. The summed E-state index contributed by atoms with van der Waals surface area (Å²) >= 11 is 0. The summed E-state index contributed by atoms with van der Waals surface area (Å²) in [5.74, 6) is -0.0953. The van der Waals surface area contributed by atoms with Crippen LogP contribution < -0.4 is 5.32 Å². The number of nitriles is 1. The number of anilines is 1. The van der Waals surface area contributed by atoms with Crippen molar-refractivity contribution >= 4 is 11.6 Å². The predicted molar refractivity (Wildman–Crippen MR) is 74.2 cm³/mol. The molecule has 1 aromatic carbocycles. The lowest BCUT2D eigenvalue weighted by Crippen LogP contribution is -2.18. The summed E-state index contributed by atoms with van der Waals surface area (Å²) in [6.07, 6.45) is 2.63. The Balaban J connectivity index is 1.63. The van der Waals surface area contributed by atoms with Crippen LogP contribution in [0.5, 0.6) is 0 Å². The summed E-state index contributed by atoms with van der Waals surface area (Å²) in [6, 6.07) is 8.80. The fourth-order valence-corrected chi connectivity index (χ4v) is 2.01. The maximum absolute atomic E-state index is 11.7. The van der Waals surface area contributed by atoms with Gasteiger partial charge in [0.1, 0.15) is 0 Å². The number of hydrogen-bond donors (Lipinski definition) is 1. The standard InChI is InChI=1S/C15H18N2O3/c16-10-12-3-5-13(6-4-12)17-15(18)7-9-19-11-14-2-1-8-20-14/h3-6,14H,1-2,7-9,11H2,(H,17,18). The molecule has 5 heteroatoms. The fraction of sp³-hybridized carbons (Fsp3) is 0.467. The molecule has 0 radical (unpaired) electrons. The van der Waals surface area contributed by atoms with E-state index in [1.807, 2.05) is 6.07 Å². The maximum Gasteiger partial charge on any atom is 0.226 e. The second kappa shape index (κ2) is 7.63. The molecule has 1 unspecified atom stereocenters. The van der Waals surface area contributed by atoms with Crippen LogP contribution in [-0.4, -0.2) is 31.8 Å². The van der Waals surface area contributed by atoms with Crippen molar-refractivity contribution in [3.05, 3.63) is 29.8 Å². The van der Waals surface area contributed by atoms with Gasteiger partial charge >= 0.3 is 0 Å². The minimum Gasteiger partial charge on any atom is -0.378 e. The third-order valence-electron chi connectivity index (χ3n) is 3.10. The molecule has 2 rings (SSSR count). The summed E-state index contributed by atoms with van der Waals surface area (Å²) in [5.41, 5.74) is 1.26. The lowest BCUT2D eigenvalue weighted by atomic mass is 10.2. The fourth-order valence-electron chi connectivity index (χ4n) is 2.01. The van der Waals surface area contributed by atoms with Crippen molar-refractivity contribution in [1.29, 1.82) is 5.26 Å². The molecule has 1 saturated heterocycles. The van der Waals surface area contributed by atoms with Crippen LogP contribution in [0.25, 0.3) is 0 Å². The number of nitrogens with one attached hydrogen (secondary N) is 1. The normalized spacial score (nSPS) is 17.6. The molecule has 1 N–H and O–H groups in total. The minimum atomic E-state index is -0.0953. The predicted octanol–water partition coefficient (Wildman–Crippen LogP) is 2.08. The molecule has 1 amide bonds. The minimum absolute atomic E-state index is 0.0953. The lowest BCUT2D eigenvalue weighted by Gasteiger charge is -2.10. The molecule has 0 bridgehead atoms. The third kappa shape index (κ3) is 4.65. The van der Waals surface area contributed by atoms with E-state index in [2.05, 4.69) is 5.32 Å². The molecule has 5 nitrogen and oxygen atoms in total. The average molecular weight is 274 g/mol. The quantitative estimate of drug-likeness (QED) is 0.806. The Morgan fingerprint density at radius 2 is 2.25 bits per heavy atom. The maximum atomic E-state index is 11.7. The van der Waals surface area contributed by atoms with Crippen molar-refractivity contribution in [3.8, 4) is 6.07 Å². The molecule has 1 aliphatic rings. The smallest absolute Gasteiger partial charge is 0.226 e. The van der Waals surface area contributed by atoms with E-state index in [1.165, 1.54) is 0 Å². The van der Waals surface area contributed by atoms with Crippen LogP contribution in [0, 0.1) is 11.3 Å². The van der Waals surface area contributed by atoms with E-state index in [9.17, 15) is 4.79 Å². The summed E-state index contributed by atoms with van der Waals surface area (Å²) in [7, 11) is 0. The Kier molecular flexibility index (Phi) is 5.54. The molecule has 1 fully saturated rings. The number of benzene rings is 1. The Labute approximate surface area is 118 Å². The van der Waals surface area contributed by atoms with E-state index in [1.54, 1.807) is 24.3 Å². The SMILES string of the molecule is N#Cc1ccc(NC(=O)CCOCC2CCCO2)cc1. The van der Waals surface area contributed by atoms with Gasteiger partial charge in [0.25, 0.3) is 0 Å². The Bertz CT molecular complexity index is 473. The molecule has 1 aliphatic heterocycles. The molecule has 0 aromatic heterocycles. The van der Waals surface area contributed by atoms with Gasteiger partial charge in [0, 0.05) is 12.3 Å². The first-order chi connectivity index (χ1) is 9.78. The molecule has 1 aromatic rings. The molecule has 106 valence electrons. The van der Waals surface area contributed by atoms with Gasteiger partial charge in [-0.05, 0) is 37.1 Å². The summed E-state index contributed by atoms with van der Waals surface area (Å²) in [5, 5.41) is 11.4. The van der Waals surface area contributed by atoms with Gasteiger partial charge in [-0.3, -0.25) is 4.79 Å². The molecule has 0 aliphatic carbocycles. The molecule has 1 heterocycles. The van der Waals surface area contributed by atoms with Gasteiger partial charge in [-0.25, -0.2) is 0 Å². The van der Waals surface area contributed by atoms with Crippen LogP contribution in [0.15, 0.2) is 24.3 Å². The van der Waals surface area contributed by atoms with Crippen molar-refractivity contribution in [2.45, 2.75) is 25.4 Å². The van der Waals surface area contributed by atoms with E-state index in [4.69, 9.17) is 14.7 Å². The van der Waals surface area contributed by atoms with Crippen molar-refractivity contribution in [2.24, 2.45) is 0 Å². The van der Waals surface area contributed by atoms with Crippen LogP contribution in [0.1, 0.15) is 24.8 Å². The van der Waals surface area contributed by atoms with Crippen LogP contribution in [0.4, 0.5) is 5.69 Å². The summed E-state index contributed by atoms with van der Waals surface area (Å²) in [4.78, 5) is 11.7. The second-order valence-corrected chi connectivity index (χ2v) is 4.70. The van der Waals surface area contributed by atoms with E-state index < -0.39 is 0 Å². The molecule has 0 spiro atoms. The zero-order valence-corrected chi connectivity index (χ0v) is 11.3. The van der Waals surface area contributed by atoms with Crippen molar-refractivity contribution in [1.82, 2.24) is 0 Å². The number of nitrogens with zero attached hydrogens (tertiary/aromatic N) is 1. The van der Waals surface area contributed by atoms with Gasteiger partial charge in [-0.2, -0.15) is 5.26 Å². The second-order valence-electron chi connectivity index (χ2n) is 4.70. The van der Waals surface area contributed by atoms with Gasteiger partial charge in [-0.15, -0.1) is 0 Å².